The van der Waals surface area contributed by atoms with Gasteiger partial charge in [0.2, 0.25) is 0 Å². The Hall–Kier alpha value is -1.90. The van der Waals surface area contributed by atoms with E-state index in [4.69, 9.17) is 11.6 Å². The fraction of sp³-hybridized carbons (Fsp3) is 0.444. The average molecular weight is 409 g/mol. The summed E-state index contributed by atoms with van der Waals surface area (Å²) in [5, 5.41) is 4.44. The molecule has 1 aromatic carbocycles. The van der Waals surface area contributed by atoms with Crippen molar-refractivity contribution in [3.8, 4) is 5.69 Å². The standard InChI is InChI=1S/C18H21ClN4O3S/c19-17-16(12-20-23(18(17)24)14-4-2-1-3-5-14)22-9-7-21(8-10-22)15-6-11-27(25,26)13-15/h1-5,12,15H,6-11,13H2/t15-/m1/s1. The molecule has 1 aromatic heterocycles. The second-order valence-corrected chi connectivity index (χ2v) is 9.58. The van der Waals surface area contributed by atoms with Crippen molar-refractivity contribution in [1.82, 2.24) is 14.7 Å². The molecule has 144 valence electrons. The quantitative estimate of drug-likeness (QED) is 0.759. The Labute approximate surface area is 163 Å². The number of anilines is 1. The molecule has 2 aromatic rings. The maximum Gasteiger partial charge on any atom is 0.292 e. The van der Waals surface area contributed by atoms with Gasteiger partial charge in [0.05, 0.1) is 29.1 Å². The van der Waals surface area contributed by atoms with Crippen molar-refractivity contribution in [3.63, 3.8) is 0 Å². The molecule has 1 atom stereocenters. The smallest absolute Gasteiger partial charge is 0.292 e. The summed E-state index contributed by atoms with van der Waals surface area (Å²) in [4.78, 5) is 16.9. The Balaban J connectivity index is 1.49. The van der Waals surface area contributed by atoms with E-state index in [-0.39, 0.29) is 28.1 Å². The van der Waals surface area contributed by atoms with Gasteiger partial charge in [-0.3, -0.25) is 9.69 Å². The zero-order valence-corrected chi connectivity index (χ0v) is 16.4. The monoisotopic (exact) mass is 408 g/mol. The van der Waals surface area contributed by atoms with Crippen LogP contribution in [0.4, 0.5) is 5.69 Å². The lowest BCUT2D eigenvalue weighted by Crippen LogP contribution is -2.51. The van der Waals surface area contributed by atoms with Gasteiger partial charge in [-0.1, -0.05) is 29.8 Å². The van der Waals surface area contributed by atoms with Crippen LogP contribution in [-0.4, -0.2) is 66.8 Å². The predicted octanol–water partition coefficient (Wildman–Crippen LogP) is 1.20. The van der Waals surface area contributed by atoms with E-state index >= 15 is 0 Å². The molecule has 9 heteroatoms. The van der Waals surface area contributed by atoms with Crippen molar-refractivity contribution in [3.05, 3.63) is 51.9 Å². The molecule has 2 saturated heterocycles. The number of rotatable bonds is 3. The minimum Gasteiger partial charge on any atom is -0.366 e. The van der Waals surface area contributed by atoms with E-state index in [1.807, 2.05) is 23.1 Å². The van der Waals surface area contributed by atoms with Crippen LogP contribution in [-0.2, 0) is 9.84 Å². The molecule has 2 aliphatic heterocycles. The lowest BCUT2D eigenvalue weighted by molar-refractivity contribution is 0.200. The third-order valence-electron chi connectivity index (χ3n) is 5.28. The number of halogens is 1. The van der Waals surface area contributed by atoms with E-state index in [2.05, 4.69) is 10.00 Å². The van der Waals surface area contributed by atoms with Gasteiger partial charge >= 0.3 is 0 Å². The highest BCUT2D eigenvalue weighted by Gasteiger charge is 2.34. The van der Waals surface area contributed by atoms with E-state index in [0.717, 1.165) is 13.1 Å². The first-order chi connectivity index (χ1) is 12.9. The van der Waals surface area contributed by atoms with Crippen LogP contribution in [0.25, 0.3) is 5.69 Å². The topological polar surface area (TPSA) is 75.5 Å². The van der Waals surface area contributed by atoms with E-state index < -0.39 is 9.84 Å². The summed E-state index contributed by atoms with van der Waals surface area (Å²) in [5.74, 6) is 0.535. The molecule has 0 unspecified atom stereocenters. The molecule has 0 spiro atoms. The molecular weight excluding hydrogens is 388 g/mol. The van der Waals surface area contributed by atoms with Crippen LogP contribution >= 0.6 is 11.6 Å². The zero-order chi connectivity index (χ0) is 19.0. The molecule has 4 rings (SSSR count). The summed E-state index contributed by atoms with van der Waals surface area (Å²) in [6.07, 6.45) is 2.34. The Kier molecular flexibility index (Phi) is 4.96. The van der Waals surface area contributed by atoms with Crippen LogP contribution in [0.1, 0.15) is 6.42 Å². The Bertz CT molecular complexity index is 985. The van der Waals surface area contributed by atoms with Crippen molar-refractivity contribution in [2.75, 3.05) is 42.6 Å². The largest absolute Gasteiger partial charge is 0.366 e. The number of hydrogen-bond donors (Lipinski definition) is 0. The van der Waals surface area contributed by atoms with Gasteiger partial charge in [-0.25, -0.2) is 8.42 Å². The maximum absolute atomic E-state index is 12.6. The molecule has 3 heterocycles. The van der Waals surface area contributed by atoms with E-state index in [9.17, 15) is 13.2 Å². The fourth-order valence-corrected chi connectivity index (χ4v) is 5.80. The lowest BCUT2D eigenvalue weighted by atomic mass is 10.2. The maximum atomic E-state index is 12.6. The first-order valence-electron chi connectivity index (χ1n) is 8.97. The molecule has 0 bridgehead atoms. The third-order valence-corrected chi connectivity index (χ3v) is 7.39. The summed E-state index contributed by atoms with van der Waals surface area (Å²) < 4.78 is 24.7. The summed E-state index contributed by atoms with van der Waals surface area (Å²) in [5.41, 5.74) is 0.959. The van der Waals surface area contributed by atoms with Crippen LogP contribution in [0.15, 0.2) is 41.3 Å². The summed E-state index contributed by atoms with van der Waals surface area (Å²) in [7, 11) is -2.88. The van der Waals surface area contributed by atoms with Gasteiger partial charge in [-0.05, 0) is 18.6 Å². The predicted molar refractivity (Wildman–Crippen MR) is 106 cm³/mol. The summed E-state index contributed by atoms with van der Waals surface area (Å²) in [6.45, 7) is 2.87. The molecule has 0 radical (unpaired) electrons. The Morgan fingerprint density at radius 3 is 2.41 bits per heavy atom. The van der Waals surface area contributed by atoms with Crippen molar-refractivity contribution in [2.24, 2.45) is 0 Å². The van der Waals surface area contributed by atoms with Gasteiger partial charge in [0.1, 0.15) is 5.02 Å². The highest BCUT2D eigenvalue weighted by molar-refractivity contribution is 7.91. The highest BCUT2D eigenvalue weighted by Crippen LogP contribution is 2.25. The van der Waals surface area contributed by atoms with Gasteiger partial charge in [-0.15, -0.1) is 0 Å². The molecule has 2 aliphatic rings. The van der Waals surface area contributed by atoms with Crippen molar-refractivity contribution in [1.29, 1.82) is 0 Å². The van der Waals surface area contributed by atoms with Gasteiger partial charge < -0.3 is 4.90 Å². The number of piperazine rings is 1. The molecule has 7 nitrogen and oxygen atoms in total. The minimum atomic E-state index is -2.88. The molecule has 0 amide bonds. The van der Waals surface area contributed by atoms with E-state index in [1.165, 1.54) is 4.68 Å². The van der Waals surface area contributed by atoms with E-state index in [1.54, 1.807) is 18.3 Å². The second-order valence-electron chi connectivity index (χ2n) is 6.98. The van der Waals surface area contributed by atoms with Crippen molar-refractivity contribution < 1.29 is 8.42 Å². The van der Waals surface area contributed by atoms with E-state index in [0.29, 0.717) is 30.9 Å². The molecule has 2 fully saturated rings. The molecule has 27 heavy (non-hydrogen) atoms. The Morgan fingerprint density at radius 1 is 1.07 bits per heavy atom. The van der Waals surface area contributed by atoms with Crippen LogP contribution in [0, 0.1) is 0 Å². The van der Waals surface area contributed by atoms with Crippen LogP contribution in [0.5, 0.6) is 0 Å². The number of benzene rings is 1. The molecule has 0 N–H and O–H groups in total. The number of aromatic nitrogens is 2. The van der Waals surface area contributed by atoms with Gasteiger partial charge in [0.25, 0.3) is 5.56 Å². The number of nitrogens with zero attached hydrogens (tertiary/aromatic N) is 4. The highest BCUT2D eigenvalue weighted by atomic mass is 35.5. The van der Waals surface area contributed by atoms with Crippen LogP contribution < -0.4 is 10.5 Å². The minimum absolute atomic E-state index is 0.108. The van der Waals surface area contributed by atoms with Crippen molar-refractivity contribution in [2.45, 2.75) is 12.5 Å². The lowest BCUT2D eigenvalue weighted by Gasteiger charge is -2.38. The van der Waals surface area contributed by atoms with Crippen LogP contribution in [0.2, 0.25) is 5.02 Å². The summed E-state index contributed by atoms with van der Waals surface area (Å²) >= 11 is 6.37. The van der Waals surface area contributed by atoms with Gasteiger partial charge in [0.15, 0.2) is 9.84 Å². The SMILES string of the molecule is O=c1c(Cl)c(N2CCN([C@@H]3CCS(=O)(=O)C3)CC2)cnn1-c1ccccc1. The molecule has 0 aliphatic carbocycles. The van der Waals surface area contributed by atoms with Gasteiger partial charge in [-0.2, -0.15) is 9.78 Å². The normalized spacial score (nSPS) is 22.9. The van der Waals surface area contributed by atoms with Crippen molar-refractivity contribution >= 4 is 27.1 Å². The summed E-state index contributed by atoms with van der Waals surface area (Å²) in [6, 6.07) is 9.27. The number of hydrogen-bond acceptors (Lipinski definition) is 6. The Morgan fingerprint density at radius 2 is 1.78 bits per heavy atom. The average Bonchev–Trinajstić information content (AvgIpc) is 3.05. The van der Waals surface area contributed by atoms with Crippen LogP contribution in [0.3, 0.4) is 0 Å². The number of sulfone groups is 1. The molecular formula is C18H21ClN4O3S. The number of para-hydroxylation sites is 1. The first kappa shape index (κ1) is 18.5. The molecule has 0 saturated carbocycles. The third kappa shape index (κ3) is 3.74. The zero-order valence-electron chi connectivity index (χ0n) is 14.8. The van der Waals surface area contributed by atoms with Gasteiger partial charge in [0, 0.05) is 32.2 Å². The first-order valence-corrected chi connectivity index (χ1v) is 11.2. The second kappa shape index (κ2) is 7.26. The fourth-order valence-electron chi connectivity index (χ4n) is 3.79.